The van der Waals surface area contributed by atoms with Crippen molar-refractivity contribution < 1.29 is 84.2 Å². The average molecular weight is 1100 g/mol. The van der Waals surface area contributed by atoms with Crippen LogP contribution >= 0.6 is 0 Å². The van der Waals surface area contributed by atoms with E-state index >= 15 is 0 Å². The molecule has 15 heteroatoms. The molecule has 4 rings (SSSR count). The second-order valence-corrected chi connectivity index (χ2v) is 25.1. The fourth-order valence-corrected chi connectivity index (χ4v) is 14.2. The van der Waals surface area contributed by atoms with Crippen LogP contribution in [0.5, 0.6) is 0 Å². The smallest absolute Gasteiger partial charge is 0.0817 e. The Labute approximate surface area is 429 Å². The Bertz CT molecular complexity index is 1850. The third-order valence-corrected chi connectivity index (χ3v) is 19.0. The predicted octanol–water partition coefficient (Wildman–Crippen LogP) is 4.33. The molecule has 3 N–H and O–H groups in total. The molecule has 3 heterocycles. The van der Waals surface area contributed by atoms with Crippen LogP contribution in [-0.2, 0) is 47.7 Å². The third-order valence-electron chi connectivity index (χ3n) is 14.9. The topological polar surface area (TPSA) is 195 Å². The molecule has 0 radical (unpaired) electrons. The molecule has 15 atom stereocenters. The van der Waals surface area contributed by atoms with E-state index in [2.05, 4.69) is 6.92 Å². The first-order valence-corrected chi connectivity index (χ1v) is 28.6. The Hall–Kier alpha value is -2.64. The van der Waals surface area contributed by atoms with Crippen LogP contribution in [0.4, 0.5) is 0 Å². The van der Waals surface area contributed by atoms with Gasteiger partial charge in [-0.05, 0) is 24.8 Å². The van der Waals surface area contributed by atoms with Gasteiger partial charge in [0.05, 0.1) is 6.10 Å². The maximum absolute atomic E-state index is 14.5. The third kappa shape index (κ3) is 17.0. The van der Waals surface area contributed by atoms with Crippen molar-refractivity contribution in [1.82, 2.24) is 4.90 Å². The molecule has 14 nitrogen and oxygen atoms in total. The van der Waals surface area contributed by atoms with E-state index in [1.807, 2.05) is 58.1 Å². The van der Waals surface area contributed by atoms with Gasteiger partial charge in [-0.3, -0.25) is 0 Å². The summed E-state index contributed by atoms with van der Waals surface area (Å²) in [5.41, 5.74) is 1.32. The van der Waals surface area contributed by atoms with Gasteiger partial charge in [0.2, 0.25) is 0 Å². The summed E-state index contributed by atoms with van der Waals surface area (Å²) >= 11 is -0.728. The molecular weight excluding hydrogens is 1010 g/mol. The standard InChI is InChI=1S/C55H87INO13/c1-11-12-13-19-28-68-46-32-42-25-23-39(7)55(65,70-42)52(62)53(63)57-27-18-17-22-43(57)54(64)69-47(40(8)56-41-24-26-44(58)48(31-41)66-9)33-45(59)36(4)30-38(6)50(61)51(67-10)49(60)37(5)29-34(2)20-15-14-16-21-35(46)3/h14-16,20-21,30,34,36-37,39-44,46-48,50-51,58,61,65H,11-13,17-19,22-29,31-33H2,1-10H3/q-1/b16-14+,20-15+,35-21+,38-30+/t34-,36-,37-,39-,40+,41-,42+,43+,44-,46?,47+,48-,50-,51+,55-/m1/s1. The van der Waals surface area contributed by atoms with E-state index in [0.717, 1.165) is 37.7 Å². The number of fused-ring (bicyclic) bond motifs is 3. The number of carbonyl (C=O) groups is 5. The number of unbranched alkanes of at least 4 members (excludes halogenated alkanes) is 3. The molecule has 1 aliphatic carbocycles. The molecule has 0 aromatic carbocycles. The molecule has 0 spiro atoms. The number of nitrogens with zero attached hydrogens (tertiary/aromatic N) is 1. The van der Waals surface area contributed by atoms with Crippen LogP contribution in [0.1, 0.15) is 152 Å². The number of aliphatic hydroxyl groups excluding tert-OH is 2. The molecule has 0 aromatic heterocycles. The second kappa shape index (κ2) is 29.3. The molecule has 1 unspecified atom stereocenters. The Morgan fingerprint density at radius 1 is 0.871 bits per heavy atom. The van der Waals surface area contributed by atoms with Crippen molar-refractivity contribution in [3.63, 3.8) is 0 Å². The van der Waals surface area contributed by atoms with Crippen molar-refractivity contribution in [3.8, 4) is 0 Å². The number of Topliss-reactive ketones (excluding diaryl/α,β-unsaturated/α-hetero) is 3. The van der Waals surface area contributed by atoms with Gasteiger partial charge < -0.3 is 4.74 Å². The van der Waals surface area contributed by atoms with E-state index in [4.69, 9.17) is 23.7 Å². The number of hydrogen-bond acceptors (Lipinski definition) is 13. The Kier molecular flexibility index (Phi) is 25.1. The van der Waals surface area contributed by atoms with Crippen LogP contribution in [0.2, 0.25) is 0 Å². The van der Waals surface area contributed by atoms with Crippen LogP contribution in [0.25, 0.3) is 0 Å². The summed E-state index contributed by atoms with van der Waals surface area (Å²) in [6.07, 6.45) is 15.3. The number of allylic oxidation sites excluding steroid dienone is 6. The first-order valence-electron chi connectivity index (χ1n) is 26.1. The zero-order chi connectivity index (χ0) is 51.7. The number of halogens is 1. The van der Waals surface area contributed by atoms with Gasteiger partial charge in [-0.15, -0.1) is 0 Å². The molecule has 3 fully saturated rings. The van der Waals surface area contributed by atoms with Gasteiger partial charge in [-0.2, -0.15) is 0 Å². The number of rotatable bonds is 11. The van der Waals surface area contributed by atoms with Gasteiger partial charge in [-0.25, -0.2) is 0 Å². The van der Waals surface area contributed by atoms with Crippen LogP contribution in [0, 0.1) is 23.7 Å². The monoisotopic (exact) mass is 1100 g/mol. The Morgan fingerprint density at radius 3 is 2.31 bits per heavy atom. The summed E-state index contributed by atoms with van der Waals surface area (Å²) in [6.45, 7) is 15.6. The summed E-state index contributed by atoms with van der Waals surface area (Å²) in [6, 6.07) is -1.13. The molecule has 1 saturated carbocycles. The van der Waals surface area contributed by atoms with Crippen LogP contribution in [0.3, 0.4) is 0 Å². The quantitative estimate of drug-likeness (QED) is 0.0662. The van der Waals surface area contributed by atoms with Crippen LogP contribution in [0.15, 0.2) is 47.6 Å². The van der Waals surface area contributed by atoms with Gasteiger partial charge in [0.15, 0.2) is 0 Å². The molecule has 0 aromatic rings. The van der Waals surface area contributed by atoms with Crippen molar-refractivity contribution in [3.05, 3.63) is 47.6 Å². The van der Waals surface area contributed by atoms with Crippen molar-refractivity contribution in [1.29, 1.82) is 0 Å². The predicted molar refractivity (Wildman–Crippen MR) is 264 cm³/mol. The van der Waals surface area contributed by atoms with E-state index in [1.165, 1.54) is 12.0 Å². The van der Waals surface area contributed by atoms with Gasteiger partial charge in [0, 0.05) is 6.61 Å². The number of amides is 1. The Balaban J connectivity index is 1.71. The number of hydrogen-bond donors (Lipinski definition) is 3. The van der Waals surface area contributed by atoms with Gasteiger partial charge >= 0.3 is 325 Å². The van der Waals surface area contributed by atoms with Crippen molar-refractivity contribution in [2.75, 3.05) is 27.4 Å². The molecule has 70 heavy (non-hydrogen) atoms. The number of ether oxygens (including phenoxy) is 5. The molecule has 1 amide bonds. The van der Waals surface area contributed by atoms with Crippen molar-refractivity contribution in [2.45, 2.75) is 214 Å². The minimum atomic E-state index is -2.43. The maximum atomic E-state index is 14.5. The summed E-state index contributed by atoms with van der Waals surface area (Å²) < 4.78 is 30.3. The minimum absolute atomic E-state index is 0.0192. The minimum Gasteiger partial charge on any atom is -0.0817 e. The summed E-state index contributed by atoms with van der Waals surface area (Å²) in [4.78, 5) is 72.5. The first kappa shape index (κ1) is 59.9. The fraction of sp³-hybridized carbons (Fsp3) is 0.764. The molecule has 398 valence electrons. The van der Waals surface area contributed by atoms with Crippen molar-refractivity contribution in [2.24, 2.45) is 23.7 Å². The fourth-order valence-electron chi connectivity index (χ4n) is 10.2. The van der Waals surface area contributed by atoms with Crippen molar-refractivity contribution >= 4 is 29.2 Å². The first-order chi connectivity index (χ1) is 33.2. The van der Waals surface area contributed by atoms with Gasteiger partial charge in [0.1, 0.15) is 0 Å². The van der Waals surface area contributed by atoms with Gasteiger partial charge in [-0.1, -0.05) is 63.5 Å². The zero-order valence-corrected chi connectivity index (χ0v) is 46.0. The number of alkyl halides is 2. The number of carbonyl (C=O) groups excluding carboxylic acids is 5. The molecular formula is C55H87INO13-. The molecule has 2 bridgehead atoms. The Morgan fingerprint density at radius 2 is 1.61 bits per heavy atom. The number of esters is 1. The molecule has 3 aliphatic heterocycles. The number of ketones is 3. The molecule has 2 saturated heterocycles. The van der Waals surface area contributed by atoms with E-state index in [-0.39, 0.29) is 50.8 Å². The summed E-state index contributed by atoms with van der Waals surface area (Å²) in [5, 5.41) is 34.2. The van der Waals surface area contributed by atoms with E-state index in [9.17, 15) is 39.3 Å². The van der Waals surface area contributed by atoms with Crippen LogP contribution < -0.4 is 21.2 Å². The average Bonchev–Trinajstić information content (AvgIpc) is 3.33. The summed E-state index contributed by atoms with van der Waals surface area (Å²) in [7, 11) is 2.97. The number of aliphatic hydroxyl groups is 3. The second-order valence-electron chi connectivity index (χ2n) is 20.6. The van der Waals surface area contributed by atoms with Gasteiger partial charge in [0.25, 0.3) is 0 Å². The normalized spacial score (nSPS) is 38.4. The number of cyclic esters (lactones) is 1. The number of methoxy groups -OCH3 is 2. The molecule has 4 aliphatic rings. The van der Waals surface area contributed by atoms with E-state index < -0.39 is 105 Å². The van der Waals surface area contributed by atoms with Crippen LogP contribution in [-0.4, -0.2) is 139 Å². The number of piperidine rings is 1. The SMILES string of the molecule is CCCCCCOC1C[C@@H]2CC[C@@H](C)[C@@](O)(O2)C(=O)C(=O)N2CCCC[C@H]2C(=O)O[C@H]([C@H](C)[I-][C@@H]2CC[C@@H](O)[C@H](OC)C2)CC(=O)[C@H](C)/C=C(\C)[C@@H](O)[C@@H](OC)C(=O)[C@H](C)C[C@H](C)/C=C/C=C/C=C/1C. The summed E-state index contributed by atoms with van der Waals surface area (Å²) in [5.74, 6) is -7.64. The zero-order valence-electron chi connectivity index (χ0n) is 43.8. The van der Waals surface area contributed by atoms with E-state index in [0.29, 0.717) is 63.5 Å². The van der Waals surface area contributed by atoms with E-state index in [1.54, 1.807) is 34.0 Å².